The Balaban J connectivity index is 1.62. The molecule has 1 aromatic heterocycles. The number of anilines is 1. The van der Waals surface area contributed by atoms with Gasteiger partial charge in [-0.05, 0) is 48.2 Å². The lowest BCUT2D eigenvalue weighted by atomic mass is 9.97. The first-order valence-electron chi connectivity index (χ1n) is 9.81. The highest BCUT2D eigenvalue weighted by molar-refractivity contribution is 6.28. The van der Waals surface area contributed by atoms with Gasteiger partial charge in [-0.15, -0.1) is 0 Å². The topological polar surface area (TPSA) is 58.1 Å². The Morgan fingerprint density at radius 3 is 2.79 bits per heavy atom. The van der Waals surface area contributed by atoms with E-state index >= 15 is 0 Å². The van der Waals surface area contributed by atoms with Gasteiger partial charge in [-0.3, -0.25) is 0 Å². The summed E-state index contributed by atoms with van der Waals surface area (Å²) in [5.74, 6) is 0. The summed E-state index contributed by atoms with van der Waals surface area (Å²) in [5, 5.41) is 3.27. The molecule has 6 heteroatoms. The molecule has 1 aliphatic rings. The second-order valence-electron chi connectivity index (χ2n) is 7.24. The fourth-order valence-electron chi connectivity index (χ4n) is 3.69. The van der Waals surface area contributed by atoms with Crippen molar-refractivity contribution in [1.82, 2.24) is 14.9 Å². The number of aromatic nitrogens is 2. The van der Waals surface area contributed by atoms with Crippen molar-refractivity contribution >= 4 is 23.3 Å². The van der Waals surface area contributed by atoms with E-state index in [4.69, 9.17) is 11.6 Å². The van der Waals surface area contributed by atoms with Gasteiger partial charge < -0.3 is 10.2 Å². The number of hydrogen-bond donors (Lipinski definition) is 1. The second-order valence-corrected chi connectivity index (χ2v) is 7.58. The number of carbonyl (C=O) groups is 1. The maximum Gasteiger partial charge on any atom is 0.322 e. The summed E-state index contributed by atoms with van der Waals surface area (Å²) in [6.07, 6.45) is 1.58. The first-order chi connectivity index (χ1) is 14.0. The fourth-order valence-corrected chi connectivity index (χ4v) is 3.88. The number of urea groups is 1. The molecule has 0 spiro atoms. The van der Waals surface area contributed by atoms with Crippen LogP contribution in [0.3, 0.4) is 0 Å². The minimum atomic E-state index is -0.116. The Hall–Kier alpha value is -2.92. The Morgan fingerprint density at radius 2 is 2.00 bits per heavy atom. The van der Waals surface area contributed by atoms with Gasteiger partial charge in [0.15, 0.2) is 0 Å². The number of fused-ring (bicyclic) bond motifs is 1. The number of hydrogen-bond acceptors (Lipinski definition) is 3. The molecule has 2 aromatic carbocycles. The van der Waals surface area contributed by atoms with Crippen molar-refractivity contribution in [1.29, 1.82) is 0 Å². The summed E-state index contributed by atoms with van der Waals surface area (Å²) in [5.41, 5.74) is 6.83. The molecule has 29 heavy (non-hydrogen) atoms. The van der Waals surface area contributed by atoms with Crippen LogP contribution in [0.15, 0.2) is 48.5 Å². The van der Waals surface area contributed by atoms with Gasteiger partial charge in [0.25, 0.3) is 0 Å². The summed E-state index contributed by atoms with van der Waals surface area (Å²) in [6, 6.07) is 15.9. The minimum Gasteiger partial charge on any atom is -0.320 e. The SMILES string of the molecule is CCc1cccc(NC(=O)N2CCc3nc(Cl)nc(-c4ccccc4C)c3C2)c1. The van der Waals surface area contributed by atoms with Crippen LogP contribution in [0.1, 0.15) is 29.3 Å². The van der Waals surface area contributed by atoms with Crippen molar-refractivity contribution in [3.05, 3.63) is 76.2 Å². The van der Waals surface area contributed by atoms with Crippen LogP contribution < -0.4 is 5.32 Å². The van der Waals surface area contributed by atoms with E-state index in [1.165, 1.54) is 5.56 Å². The average Bonchev–Trinajstić information content (AvgIpc) is 2.73. The molecule has 0 unspecified atom stereocenters. The predicted octanol–water partition coefficient (Wildman–Crippen LogP) is 5.26. The Morgan fingerprint density at radius 1 is 1.17 bits per heavy atom. The zero-order valence-corrected chi connectivity index (χ0v) is 17.3. The van der Waals surface area contributed by atoms with E-state index in [2.05, 4.69) is 28.3 Å². The number of nitrogens with zero attached hydrogens (tertiary/aromatic N) is 3. The molecule has 5 nitrogen and oxygen atoms in total. The number of amides is 2. The molecule has 3 aromatic rings. The van der Waals surface area contributed by atoms with Gasteiger partial charge in [-0.25, -0.2) is 14.8 Å². The fraction of sp³-hybridized carbons (Fsp3) is 0.261. The van der Waals surface area contributed by atoms with Crippen LogP contribution in [0.5, 0.6) is 0 Å². The standard InChI is InChI=1S/C23H23ClN4O/c1-3-16-8-6-9-17(13-16)25-23(29)28-12-11-20-19(14-28)21(27-22(24)26-20)18-10-5-4-7-15(18)2/h4-10,13H,3,11-12,14H2,1-2H3,(H,25,29). The third kappa shape index (κ3) is 4.10. The summed E-state index contributed by atoms with van der Waals surface area (Å²) in [6.45, 7) is 5.19. The van der Waals surface area contributed by atoms with Crippen LogP contribution in [0, 0.1) is 6.92 Å². The van der Waals surface area contributed by atoms with Crippen LogP contribution in [0.4, 0.5) is 10.5 Å². The Bertz CT molecular complexity index is 1070. The molecule has 0 atom stereocenters. The van der Waals surface area contributed by atoms with E-state index in [-0.39, 0.29) is 11.3 Å². The number of benzene rings is 2. The summed E-state index contributed by atoms with van der Waals surface area (Å²) in [7, 11) is 0. The van der Waals surface area contributed by atoms with Crippen molar-refractivity contribution in [2.75, 3.05) is 11.9 Å². The molecule has 1 aliphatic heterocycles. The highest BCUT2D eigenvalue weighted by Gasteiger charge is 2.26. The number of rotatable bonds is 3. The molecule has 0 aliphatic carbocycles. The largest absolute Gasteiger partial charge is 0.322 e. The molecular weight excluding hydrogens is 384 g/mol. The molecule has 0 radical (unpaired) electrons. The molecule has 0 fully saturated rings. The number of nitrogens with one attached hydrogen (secondary N) is 1. The van der Waals surface area contributed by atoms with Crippen LogP contribution >= 0.6 is 11.6 Å². The molecule has 2 amide bonds. The lowest BCUT2D eigenvalue weighted by molar-refractivity contribution is 0.206. The quantitative estimate of drug-likeness (QED) is 0.603. The van der Waals surface area contributed by atoms with Gasteiger partial charge >= 0.3 is 6.03 Å². The smallest absolute Gasteiger partial charge is 0.320 e. The Kier molecular flexibility index (Phi) is 5.49. The maximum atomic E-state index is 12.9. The van der Waals surface area contributed by atoms with Crippen molar-refractivity contribution in [3.8, 4) is 11.3 Å². The number of carbonyl (C=O) groups excluding carboxylic acids is 1. The monoisotopic (exact) mass is 406 g/mol. The van der Waals surface area contributed by atoms with Crippen molar-refractivity contribution in [2.45, 2.75) is 33.2 Å². The van der Waals surface area contributed by atoms with E-state index in [1.54, 1.807) is 4.90 Å². The lowest BCUT2D eigenvalue weighted by Crippen LogP contribution is -2.39. The second kappa shape index (κ2) is 8.21. The summed E-state index contributed by atoms with van der Waals surface area (Å²) < 4.78 is 0. The van der Waals surface area contributed by atoms with Crippen molar-refractivity contribution < 1.29 is 4.79 Å². The van der Waals surface area contributed by atoms with Gasteiger partial charge in [-0.2, -0.15) is 0 Å². The van der Waals surface area contributed by atoms with E-state index in [9.17, 15) is 4.79 Å². The van der Waals surface area contributed by atoms with Gasteiger partial charge in [0.1, 0.15) is 0 Å². The molecular formula is C23H23ClN4O. The summed E-state index contributed by atoms with van der Waals surface area (Å²) in [4.78, 5) is 23.7. The first kappa shape index (κ1) is 19.4. The first-order valence-corrected chi connectivity index (χ1v) is 10.2. The molecule has 4 rings (SSSR count). The number of aryl methyl sites for hydroxylation is 2. The average molecular weight is 407 g/mol. The van der Waals surface area contributed by atoms with Crippen LogP contribution in [0.2, 0.25) is 5.28 Å². The maximum absolute atomic E-state index is 12.9. The lowest BCUT2D eigenvalue weighted by Gasteiger charge is -2.30. The van der Waals surface area contributed by atoms with Crippen molar-refractivity contribution in [3.63, 3.8) is 0 Å². The van der Waals surface area contributed by atoms with E-state index < -0.39 is 0 Å². The minimum absolute atomic E-state index is 0.116. The molecule has 1 N–H and O–H groups in total. The van der Waals surface area contributed by atoms with Gasteiger partial charge in [0, 0.05) is 29.8 Å². The highest BCUT2D eigenvalue weighted by Crippen LogP contribution is 2.31. The van der Waals surface area contributed by atoms with Gasteiger partial charge in [0.05, 0.1) is 17.9 Å². The van der Waals surface area contributed by atoms with Crippen LogP contribution in [-0.2, 0) is 19.4 Å². The zero-order chi connectivity index (χ0) is 20.4. The van der Waals surface area contributed by atoms with E-state index in [0.717, 1.165) is 40.2 Å². The highest BCUT2D eigenvalue weighted by atomic mass is 35.5. The van der Waals surface area contributed by atoms with Crippen molar-refractivity contribution in [2.24, 2.45) is 0 Å². The van der Waals surface area contributed by atoms with Gasteiger partial charge in [0.2, 0.25) is 5.28 Å². The molecule has 0 bridgehead atoms. The molecule has 2 heterocycles. The normalized spacial score (nSPS) is 13.1. The van der Waals surface area contributed by atoms with E-state index in [1.807, 2.05) is 49.4 Å². The zero-order valence-electron chi connectivity index (χ0n) is 16.6. The van der Waals surface area contributed by atoms with Gasteiger partial charge in [-0.1, -0.05) is 43.3 Å². The summed E-state index contributed by atoms with van der Waals surface area (Å²) >= 11 is 6.20. The molecule has 0 saturated carbocycles. The molecule has 148 valence electrons. The third-order valence-electron chi connectivity index (χ3n) is 5.31. The predicted molar refractivity (Wildman–Crippen MR) is 116 cm³/mol. The van der Waals surface area contributed by atoms with Crippen LogP contribution in [-0.4, -0.2) is 27.4 Å². The Labute approximate surface area is 175 Å². The van der Waals surface area contributed by atoms with E-state index in [0.29, 0.717) is 19.5 Å². The van der Waals surface area contributed by atoms with Crippen LogP contribution in [0.25, 0.3) is 11.3 Å². The third-order valence-corrected chi connectivity index (χ3v) is 5.48. The molecule has 0 saturated heterocycles. The number of halogens is 1.